The Labute approximate surface area is 54.3 Å². The van der Waals surface area contributed by atoms with Crippen LogP contribution in [0.1, 0.15) is 0 Å². The first-order valence-electron chi connectivity index (χ1n) is 2.27. The molecule has 0 unspecified atom stereocenters. The van der Waals surface area contributed by atoms with Gasteiger partial charge in [-0.15, -0.1) is 0 Å². The third-order valence-electron chi connectivity index (χ3n) is 0.832. The summed E-state index contributed by atoms with van der Waals surface area (Å²) >= 11 is -0.832. The van der Waals surface area contributed by atoms with Crippen molar-refractivity contribution in [2.24, 2.45) is 0 Å². The van der Waals surface area contributed by atoms with Crippen molar-refractivity contribution in [1.82, 2.24) is 0 Å². The van der Waals surface area contributed by atoms with Crippen LogP contribution < -0.4 is 4.46 Å². The summed E-state index contributed by atoms with van der Waals surface area (Å²) in [4.78, 5) is 0. The maximum absolute atomic E-state index is 11.8. The summed E-state index contributed by atoms with van der Waals surface area (Å²) in [5.74, 6) is 0. The molecule has 0 fully saturated rings. The second-order valence-electron chi connectivity index (χ2n) is 1.39. The molecule has 1 aromatic rings. The van der Waals surface area contributed by atoms with Gasteiger partial charge < -0.3 is 0 Å². The molecule has 1 aromatic carbocycles. The van der Waals surface area contributed by atoms with Crippen LogP contribution in [-0.4, -0.2) is 15.4 Å². The van der Waals surface area contributed by atoms with Gasteiger partial charge in [0.05, 0.1) is 0 Å². The van der Waals surface area contributed by atoms with E-state index in [0.29, 0.717) is 0 Å². The van der Waals surface area contributed by atoms with Crippen LogP contribution in [0.4, 0.5) is 3.55 Å². The molecular formula is C6H5FSe. The molecule has 0 saturated carbocycles. The Morgan fingerprint density at radius 3 is 2.12 bits per heavy atom. The molecule has 0 aliphatic carbocycles. The number of hydrogen-bond donors (Lipinski definition) is 0. The van der Waals surface area contributed by atoms with Crippen LogP contribution in [0.25, 0.3) is 0 Å². The zero-order valence-electron chi connectivity index (χ0n) is 4.17. The summed E-state index contributed by atoms with van der Waals surface area (Å²) in [5.41, 5.74) is 0. The first-order chi connectivity index (χ1) is 3.93. The Bertz CT molecular complexity index is 150. The first-order valence-corrected chi connectivity index (χ1v) is 3.77. The zero-order valence-corrected chi connectivity index (χ0v) is 5.89. The number of benzene rings is 1. The Morgan fingerprint density at radius 2 is 1.75 bits per heavy atom. The van der Waals surface area contributed by atoms with Gasteiger partial charge in [-0.3, -0.25) is 0 Å². The van der Waals surface area contributed by atoms with Gasteiger partial charge in [0.15, 0.2) is 0 Å². The van der Waals surface area contributed by atoms with Crippen molar-refractivity contribution in [3.8, 4) is 0 Å². The number of halogens is 1. The summed E-state index contributed by atoms with van der Waals surface area (Å²) in [6, 6.07) is 9.16. The van der Waals surface area contributed by atoms with Gasteiger partial charge in [-0.05, 0) is 0 Å². The van der Waals surface area contributed by atoms with Gasteiger partial charge in [0, 0.05) is 0 Å². The Balaban J connectivity index is 2.83. The molecule has 0 radical (unpaired) electrons. The summed E-state index contributed by atoms with van der Waals surface area (Å²) in [6.45, 7) is 0. The number of rotatable bonds is 1. The summed E-state index contributed by atoms with van der Waals surface area (Å²) in [7, 11) is 0. The van der Waals surface area contributed by atoms with Gasteiger partial charge >= 0.3 is 53.8 Å². The molecule has 0 saturated heterocycles. The van der Waals surface area contributed by atoms with Crippen molar-refractivity contribution in [3.05, 3.63) is 30.3 Å². The second kappa shape index (κ2) is 2.85. The third kappa shape index (κ3) is 1.32. The van der Waals surface area contributed by atoms with E-state index in [4.69, 9.17) is 0 Å². The van der Waals surface area contributed by atoms with Gasteiger partial charge in [-0.25, -0.2) is 0 Å². The molecule has 1 rings (SSSR count). The summed E-state index contributed by atoms with van der Waals surface area (Å²) in [6.07, 6.45) is 0. The third-order valence-corrected chi connectivity index (χ3v) is 1.78. The topological polar surface area (TPSA) is 0 Å². The molecule has 0 aromatic heterocycles. The molecule has 0 heterocycles. The van der Waals surface area contributed by atoms with Crippen LogP contribution in [0.2, 0.25) is 0 Å². The average molecular weight is 175 g/mol. The van der Waals surface area contributed by atoms with Crippen molar-refractivity contribution in [2.75, 3.05) is 0 Å². The molecule has 0 nitrogen and oxygen atoms in total. The molecule has 0 aliphatic heterocycles. The van der Waals surface area contributed by atoms with E-state index in [2.05, 4.69) is 0 Å². The van der Waals surface area contributed by atoms with Crippen LogP contribution in [-0.2, 0) is 0 Å². The molecule has 42 valence electrons. The molecule has 0 amide bonds. The second-order valence-corrected chi connectivity index (χ2v) is 2.70. The standard InChI is InChI=1S/C6H5FSe/c7-8-6-4-2-1-3-5-6/h1-5H. The summed E-state index contributed by atoms with van der Waals surface area (Å²) < 4.78 is 12.6. The van der Waals surface area contributed by atoms with Crippen LogP contribution >= 0.6 is 0 Å². The van der Waals surface area contributed by atoms with Gasteiger partial charge in [0.2, 0.25) is 0 Å². The van der Waals surface area contributed by atoms with Gasteiger partial charge in [-0.1, -0.05) is 0 Å². The maximum atomic E-state index is 11.8. The fourth-order valence-electron chi connectivity index (χ4n) is 0.472. The quantitative estimate of drug-likeness (QED) is 0.556. The van der Waals surface area contributed by atoms with Crippen molar-refractivity contribution in [3.63, 3.8) is 0 Å². The minimum absolute atomic E-state index is 0.806. The van der Waals surface area contributed by atoms with Crippen molar-refractivity contribution >= 4 is 19.9 Å². The van der Waals surface area contributed by atoms with Crippen molar-refractivity contribution in [2.45, 2.75) is 0 Å². The molecule has 0 aliphatic rings. The van der Waals surface area contributed by atoms with E-state index < -0.39 is 15.4 Å². The Morgan fingerprint density at radius 1 is 1.12 bits per heavy atom. The van der Waals surface area contributed by atoms with Gasteiger partial charge in [0.25, 0.3) is 0 Å². The van der Waals surface area contributed by atoms with E-state index in [9.17, 15) is 3.55 Å². The van der Waals surface area contributed by atoms with Crippen LogP contribution in [0.3, 0.4) is 0 Å². The van der Waals surface area contributed by atoms with Crippen LogP contribution in [0.5, 0.6) is 0 Å². The van der Waals surface area contributed by atoms with E-state index >= 15 is 0 Å². The SMILES string of the molecule is F[Se]c1ccccc1. The molecule has 0 spiro atoms. The van der Waals surface area contributed by atoms with Gasteiger partial charge in [0.1, 0.15) is 0 Å². The zero-order chi connectivity index (χ0) is 5.82. The fraction of sp³-hybridized carbons (Fsp3) is 0. The normalized spacial score (nSPS) is 9.12. The Hall–Kier alpha value is -0.331. The van der Waals surface area contributed by atoms with E-state index in [1.54, 1.807) is 12.1 Å². The predicted molar refractivity (Wildman–Crippen MR) is 32.9 cm³/mol. The monoisotopic (exact) mass is 176 g/mol. The van der Waals surface area contributed by atoms with Gasteiger partial charge in [-0.2, -0.15) is 0 Å². The van der Waals surface area contributed by atoms with Crippen molar-refractivity contribution in [1.29, 1.82) is 0 Å². The summed E-state index contributed by atoms with van der Waals surface area (Å²) in [5, 5.41) is 0. The molecular weight excluding hydrogens is 170 g/mol. The Kier molecular flexibility index (Phi) is 2.07. The molecule has 0 N–H and O–H groups in total. The average Bonchev–Trinajstić information content (AvgIpc) is 1.90. The predicted octanol–water partition coefficient (Wildman–Crippen LogP) is 0.901. The van der Waals surface area contributed by atoms with E-state index in [1.165, 1.54) is 0 Å². The van der Waals surface area contributed by atoms with Crippen molar-refractivity contribution < 1.29 is 3.55 Å². The van der Waals surface area contributed by atoms with Crippen LogP contribution in [0.15, 0.2) is 30.3 Å². The van der Waals surface area contributed by atoms with E-state index in [0.717, 1.165) is 4.46 Å². The molecule has 8 heavy (non-hydrogen) atoms. The minimum atomic E-state index is -0.832. The molecule has 0 bridgehead atoms. The molecule has 2 heteroatoms. The van der Waals surface area contributed by atoms with E-state index in [1.807, 2.05) is 18.2 Å². The first kappa shape index (κ1) is 5.80. The van der Waals surface area contributed by atoms with E-state index in [-0.39, 0.29) is 0 Å². The number of hydrogen-bond acceptors (Lipinski definition) is 0. The molecule has 0 atom stereocenters. The fourth-order valence-corrected chi connectivity index (χ4v) is 1.02. The van der Waals surface area contributed by atoms with Crippen LogP contribution in [0, 0.1) is 0 Å².